The summed E-state index contributed by atoms with van der Waals surface area (Å²) >= 11 is 1.41. The maximum Gasteiger partial charge on any atom is 0.273 e. The van der Waals surface area contributed by atoms with Gasteiger partial charge in [0.05, 0.1) is 12.9 Å². The molecule has 28 heavy (non-hydrogen) atoms. The molecule has 0 spiro atoms. The number of nitriles is 1. The number of carbonyl (C=O) groups excluding carboxylic acids is 1. The number of anilines is 1. The van der Waals surface area contributed by atoms with Crippen molar-refractivity contribution in [1.82, 2.24) is 14.9 Å². The van der Waals surface area contributed by atoms with E-state index in [2.05, 4.69) is 16.0 Å². The van der Waals surface area contributed by atoms with Crippen LogP contribution in [0.25, 0.3) is 11.7 Å². The zero-order valence-electron chi connectivity index (χ0n) is 15.1. The average Bonchev–Trinajstić information content (AvgIpc) is 3.47. The first-order valence-electron chi connectivity index (χ1n) is 8.62. The predicted octanol–water partition coefficient (Wildman–Crippen LogP) is 2.37. The molecule has 1 amide bonds. The maximum absolute atomic E-state index is 12.7. The lowest BCUT2D eigenvalue weighted by atomic mass is 10.3. The van der Waals surface area contributed by atoms with Crippen molar-refractivity contribution in [3.8, 4) is 17.7 Å². The second-order valence-corrected chi connectivity index (χ2v) is 7.04. The van der Waals surface area contributed by atoms with E-state index in [4.69, 9.17) is 13.6 Å². The molecule has 1 aliphatic heterocycles. The van der Waals surface area contributed by atoms with Crippen LogP contribution in [-0.4, -0.2) is 54.1 Å². The molecule has 0 bridgehead atoms. The van der Waals surface area contributed by atoms with Crippen LogP contribution in [0.1, 0.15) is 21.2 Å². The van der Waals surface area contributed by atoms with Crippen LogP contribution in [0.2, 0.25) is 0 Å². The summed E-state index contributed by atoms with van der Waals surface area (Å²) in [4.78, 5) is 24.8. The highest BCUT2D eigenvalue weighted by atomic mass is 32.1. The Morgan fingerprint density at radius 3 is 2.86 bits per heavy atom. The average molecular weight is 399 g/mol. The molecule has 9 nitrogen and oxygen atoms in total. The van der Waals surface area contributed by atoms with Crippen LogP contribution in [0.3, 0.4) is 0 Å². The number of nitrogens with zero attached hydrogens (tertiary/aromatic N) is 5. The SMILES string of the molecule is COCc1nc(C(=O)N2CCN(c3oc(-c4ccco4)nc3C#N)CC2)cs1. The molecule has 1 saturated heterocycles. The fourth-order valence-electron chi connectivity index (χ4n) is 2.98. The zero-order chi connectivity index (χ0) is 19.5. The first-order valence-corrected chi connectivity index (χ1v) is 9.50. The van der Waals surface area contributed by atoms with E-state index in [1.54, 1.807) is 29.5 Å². The fraction of sp³-hybridized carbons (Fsp3) is 0.333. The number of piperazine rings is 1. The smallest absolute Gasteiger partial charge is 0.273 e. The third kappa shape index (κ3) is 3.49. The quantitative estimate of drug-likeness (QED) is 0.643. The highest BCUT2D eigenvalue weighted by Gasteiger charge is 2.28. The van der Waals surface area contributed by atoms with E-state index in [0.717, 1.165) is 5.01 Å². The van der Waals surface area contributed by atoms with Crippen molar-refractivity contribution < 1.29 is 18.4 Å². The summed E-state index contributed by atoms with van der Waals surface area (Å²) in [7, 11) is 1.60. The van der Waals surface area contributed by atoms with Gasteiger partial charge in [-0.3, -0.25) is 4.79 Å². The van der Waals surface area contributed by atoms with Gasteiger partial charge < -0.3 is 23.4 Å². The lowest BCUT2D eigenvalue weighted by molar-refractivity contribution is 0.0739. The Morgan fingerprint density at radius 1 is 1.36 bits per heavy atom. The van der Waals surface area contributed by atoms with Gasteiger partial charge in [-0.15, -0.1) is 11.3 Å². The molecule has 4 rings (SSSR count). The molecule has 1 aliphatic rings. The summed E-state index contributed by atoms with van der Waals surface area (Å²) < 4.78 is 16.1. The van der Waals surface area contributed by atoms with Crippen LogP contribution in [-0.2, 0) is 11.3 Å². The highest BCUT2D eigenvalue weighted by molar-refractivity contribution is 7.09. The van der Waals surface area contributed by atoms with Crippen LogP contribution in [0.15, 0.2) is 32.6 Å². The van der Waals surface area contributed by atoms with Crippen molar-refractivity contribution in [2.75, 3.05) is 38.2 Å². The van der Waals surface area contributed by atoms with E-state index in [-0.39, 0.29) is 17.5 Å². The fourth-order valence-corrected chi connectivity index (χ4v) is 3.72. The van der Waals surface area contributed by atoms with E-state index >= 15 is 0 Å². The number of ether oxygens (including phenoxy) is 1. The molecule has 0 aliphatic carbocycles. The molecule has 144 valence electrons. The van der Waals surface area contributed by atoms with Gasteiger partial charge in [-0.1, -0.05) is 0 Å². The Bertz CT molecular complexity index is 996. The Kier molecular flexibility index (Phi) is 5.10. The van der Waals surface area contributed by atoms with Gasteiger partial charge in [0.25, 0.3) is 11.8 Å². The molecule has 0 atom stereocenters. The number of oxazole rings is 1. The van der Waals surface area contributed by atoms with E-state index in [9.17, 15) is 10.1 Å². The highest BCUT2D eigenvalue weighted by Crippen LogP contribution is 2.29. The number of carbonyl (C=O) groups is 1. The number of amides is 1. The Hall–Kier alpha value is -3.16. The van der Waals surface area contributed by atoms with Gasteiger partial charge in [0.15, 0.2) is 5.76 Å². The molecule has 1 fully saturated rings. The standard InChI is InChI=1S/C18H17N5O4S/c1-25-10-15-20-13(11-28-15)17(24)22-4-6-23(7-5-22)18-12(9-19)21-16(27-18)14-3-2-8-26-14/h2-3,8,11H,4-7,10H2,1H3. The second-order valence-electron chi connectivity index (χ2n) is 6.10. The van der Waals surface area contributed by atoms with Crippen LogP contribution < -0.4 is 4.90 Å². The zero-order valence-corrected chi connectivity index (χ0v) is 15.9. The van der Waals surface area contributed by atoms with Gasteiger partial charge in [0, 0.05) is 38.7 Å². The van der Waals surface area contributed by atoms with Gasteiger partial charge in [0.1, 0.15) is 16.8 Å². The lowest BCUT2D eigenvalue weighted by Gasteiger charge is -2.34. The number of hydrogen-bond acceptors (Lipinski definition) is 9. The van der Waals surface area contributed by atoms with Gasteiger partial charge in [-0.2, -0.15) is 10.2 Å². The first-order chi connectivity index (χ1) is 13.7. The summed E-state index contributed by atoms with van der Waals surface area (Å²) in [6.45, 7) is 2.45. The number of hydrogen-bond donors (Lipinski definition) is 0. The minimum absolute atomic E-state index is 0.104. The van der Waals surface area contributed by atoms with Crippen molar-refractivity contribution in [2.45, 2.75) is 6.61 Å². The monoisotopic (exact) mass is 399 g/mol. The van der Waals surface area contributed by atoms with Gasteiger partial charge >= 0.3 is 0 Å². The van der Waals surface area contributed by atoms with Crippen LogP contribution in [0, 0.1) is 11.3 Å². The van der Waals surface area contributed by atoms with Gasteiger partial charge in [-0.25, -0.2) is 4.98 Å². The largest absolute Gasteiger partial charge is 0.459 e. The van der Waals surface area contributed by atoms with E-state index in [1.165, 1.54) is 17.6 Å². The summed E-state index contributed by atoms with van der Waals surface area (Å²) in [5, 5.41) is 11.9. The van der Waals surface area contributed by atoms with E-state index in [0.29, 0.717) is 50.1 Å². The summed E-state index contributed by atoms with van der Waals surface area (Å²) in [6.07, 6.45) is 1.52. The Balaban J connectivity index is 1.44. The minimum atomic E-state index is -0.104. The molecule has 10 heteroatoms. The van der Waals surface area contributed by atoms with Crippen molar-refractivity contribution in [1.29, 1.82) is 5.26 Å². The Labute approximate surface area is 164 Å². The molecule has 0 aromatic carbocycles. The van der Waals surface area contributed by atoms with Gasteiger partial charge in [0.2, 0.25) is 11.6 Å². The lowest BCUT2D eigenvalue weighted by Crippen LogP contribution is -2.49. The van der Waals surface area contributed by atoms with Crippen molar-refractivity contribution >= 4 is 23.1 Å². The summed E-state index contributed by atoms with van der Waals surface area (Å²) in [5.74, 6) is 1.03. The molecule has 3 aromatic rings. The van der Waals surface area contributed by atoms with Crippen molar-refractivity contribution in [3.63, 3.8) is 0 Å². The first kappa shape index (κ1) is 18.2. The number of rotatable bonds is 5. The molecular weight excluding hydrogens is 382 g/mol. The minimum Gasteiger partial charge on any atom is -0.459 e. The molecule has 0 unspecified atom stereocenters. The van der Waals surface area contributed by atoms with Crippen LogP contribution in [0.5, 0.6) is 0 Å². The normalized spacial score (nSPS) is 14.3. The number of furan rings is 1. The summed E-state index contributed by atoms with van der Waals surface area (Å²) in [5.41, 5.74) is 0.637. The van der Waals surface area contributed by atoms with Crippen molar-refractivity contribution in [2.24, 2.45) is 0 Å². The molecule has 3 aromatic heterocycles. The molecule has 4 heterocycles. The summed E-state index contributed by atoms with van der Waals surface area (Å²) in [6, 6.07) is 5.51. The third-order valence-electron chi connectivity index (χ3n) is 4.34. The number of thiazole rings is 1. The van der Waals surface area contributed by atoms with Gasteiger partial charge in [-0.05, 0) is 12.1 Å². The third-order valence-corrected chi connectivity index (χ3v) is 5.16. The predicted molar refractivity (Wildman–Crippen MR) is 99.9 cm³/mol. The molecule has 0 radical (unpaired) electrons. The molecule has 0 saturated carbocycles. The Morgan fingerprint density at radius 2 is 2.18 bits per heavy atom. The van der Waals surface area contributed by atoms with Crippen molar-refractivity contribution in [3.05, 3.63) is 40.2 Å². The molecule has 0 N–H and O–H groups in total. The number of aromatic nitrogens is 2. The van der Waals surface area contributed by atoms with E-state index < -0.39 is 0 Å². The topological polar surface area (TPSA) is 109 Å². The maximum atomic E-state index is 12.7. The van der Waals surface area contributed by atoms with Crippen LogP contribution >= 0.6 is 11.3 Å². The van der Waals surface area contributed by atoms with E-state index in [1.807, 2.05) is 4.90 Å². The number of methoxy groups -OCH3 is 1. The van der Waals surface area contributed by atoms with Crippen LogP contribution in [0.4, 0.5) is 5.88 Å². The second kappa shape index (κ2) is 7.84. The molecular formula is C18H17N5O4S.